The van der Waals surface area contributed by atoms with Crippen LogP contribution in [-0.4, -0.2) is 20.4 Å². The van der Waals surface area contributed by atoms with Gasteiger partial charge in [0.1, 0.15) is 0 Å². The Kier molecular flexibility index (Phi) is 7.14. The van der Waals surface area contributed by atoms with Crippen molar-refractivity contribution in [3.8, 4) is 0 Å². The van der Waals surface area contributed by atoms with E-state index in [1.807, 2.05) is 48.7 Å². The number of benzene rings is 3. The van der Waals surface area contributed by atoms with Gasteiger partial charge in [-0.2, -0.15) is 0 Å². The van der Waals surface area contributed by atoms with Gasteiger partial charge < -0.3 is 9.88 Å². The van der Waals surface area contributed by atoms with Gasteiger partial charge in [-0.05, 0) is 48.7 Å². The number of imidazole rings is 1. The standard InChI is InChI=1S/C30H28N4OS/c1-21-6-8-23(9-7-21)19-34-28-18-31-15-14-27(28)33-30(34)36-20-24-10-12-26(13-11-24)29(35)32-17-25-5-3-4-22(2)16-25/h3-16,18H,17,19-20H2,1-2H3,(H,32,35). The summed E-state index contributed by atoms with van der Waals surface area (Å²) in [5.41, 5.74) is 8.54. The van der Waals surface area contributed by atoms with Gasteiger partial charge in [-0.1, -0.05) is 83.6 Å². The number of nitrogens with one attached hydrogen (secondary N) is 1. The number of carbonyl (C=O) groups excluding carboxylic acids is 1. The lowest BCUT2D eigenvalue weighted by Crippen LogP contribution is -2.22. The first kappa shape index (κ1) is 23.8. The van der Waals surface area contributed by atoms with E-state index in [2.05, 4.69) is 65.1 Å². The number of hydrogen-bond donors (Lipinski definition) is 1. The Morgan fingerprint density at radius 3 is 2.44 bits per heavy atom. The quantitative estimate of drug-likeness (QED) is 0.258. The van der Waals surface area contributed by atoms with Crippen molar-refractivity contribution < 1.29 is 4.79 Å². The summed E-state index contributed by atoms with van der Waals surface area (Å²) in [6.45, 7) is 5.41. The number of rotatable bonds is 8. The van der Waals surface area contributed by atoms with Gasteiger partial charge in [0.15, 0.2) is 5.16 Å². The van der Waals surface area contributed by atoms with Crippen molar-refractivity contribution in [3.63, 3.8) is 0 Å². The van der Waals surface area contributed by atoms with Crippen molar-refractivity contribution in [3.05, 3.63) is 125 Å². The van der Waals surface area contributed by atoms with Crippen molar-refractivity contribution in [2.45, 2.75) is 37.8 Å². The molecule has 0 bridgehead atoms. The highest BCUT2D eigenvalue weighted by molar-refractivity contribution is 7.98. The zero-order valence-corrected chi connectivity index (χ0v) is 21.3. The molecule has 0 atom stereocenters. The number of hydrogen-bond acceptors (Lipinski definition) is 4. The predicted molar refractivity (Wildman–Crippen MR) is 146 cm³/mol. The molecule has 5 aromatic rings. The van der Waals surface area contributed by atoms with Gasteiger partial charge >= 0.3 is 0 Å². The normalized spacial score (nSPS) is 11.1. The summed E-state index contributed by atoms with van der Waals surface area (Å²) >= 11 is 1.69. The second-order valence-electron chi connectivity index (χ2n) is 8.99. The van der Waals surface area contributed by atoms with Crippen LogP contribution in [0.4, 0.5) is 0 Å². The molecular formula is C30H28N4OS. The maximum absolute atomic E-state index is 12.6. The lowest BCUT2D eigenvalue weighted by molar-refractivity contribution is 0.0951. The topological polar surface area (TPSA) is 59.8 Å². The molecule has 5 nitrogen and oxygen atoms in total. The molecule has 6 heteroatoms. The van der Waals surface area contributed by atoms with Crippen LogP contribution in [0.5, 0.6) is 0 Å². The fourth-order valence-corrected chi connectivity index (χ4v) is 5.06. The Balaban J connectivity index is 1.26. The van der Waals surface area contributed by atoms with Crippen LogP contribution in [0.1, 0.15) is 38.2 Å². The Morgan fingerprint density at radius 1 is 0.889 bits per heavy atom. The van der Waals surface area contributed by atoms with Gasteiger partial charge in [-0.15, -0.1) is 0 Å². The summed E-state index contributed by atoms with van der Waals surface area (Å²) in [5, 5.41) is 3.96. The number of nitrogens with zero attached hydrogens (tertiary/aromatic N) is 3. The third-order valence-corrected chi connectivity index (χ3v) is 7.14. The first-order valence-corrected chi connectivity index (χ1v) is 12.9. The van der Waals surface area contributed by atoms with E-state index in [0.717, 1.165) is 39.6 Å². The molecule has 0 aliphatic heterocycles. The second kappa shape index (κ2) is 10.8. The zero-order chi connectivity index (χ0) is 24.9. The lowest BCUT2D eigenvalue weighted by Gasteiger charge is -2.10. The van der Waals surface area contributed by atoms with Gasteiger partial charge in [0.2, 0.25) is 0 Å². The molecule has 180 valence electrons. The minimum absolute atomic E-state index is 0.0666. The molecule has 0 aliphatic rings. The second-order valence-corrected chi connectivity index (χ2v) is 9.93. The van der Waals surface area contributed by atoms with Gasteiger partial charge in [-0.25, -0.2) is 4.98 Å². The molecule has 0 radical (unpaired) electrons. The molecule has 1 N–H and O–H groups in total. The molecule has 0 fully saturated rings. The Hall–Kier alpha value is -3.90. The molecule has 2 aromatic heterocycles. The van der Waals surface area contributed by atoms with E-state index in [9.17, 15) is 4.79 Å². The van der Waals surface area contributed by atoms with Gasteiger partial charge in [-0.3, -0.25) is 9.78 Å². The Bertz CT molecular complexity index is 1490. The van der Waals surface area contributed by atoms with E-state index in [1.165, 1.54) is 16.7 Å². The van der Waals surface area contributed by atoms with E-state index in [1.54, 1.807) is 18.0 Å². The van der Waals surface area contributed by atoms with Crippen LogP contribution in [0.15, 0.2) is 96.4 Å². The van der Waals surface area contributed by atoms with Crippen molar-refractivity contribution in [1.29, 1.82) is 0 Å². The fourth-order valence-electron chi connectivity index (χ4n) is 4.09. The SMILES string of the molecule is Cc1ccc(Cn2c(SCc3ccc(C(=O)NCc4cccc(C)c4)cc3)nc3ccncc32)cc1. The molecular weight excluding hydrogens is 464 g/mol. The van der Waals surface area contributed by atoms with E-state index < -0.39 is 0 Å². The number of amides is 1. The van der Waals surface area contributed by atoms with E-state index in [4.69, 9.17) is 4.98 Å². The van der Waals surface area contributed by atoms with Crippen molar-refractivity contribution >= 4 is 28.7 Å². The summed E-state index contributed by atoms with van der Waals surface area (Å²) in [7, 11) is 0. The molecule has 1 amide bonds. The van der Waals surface area contributed by atoms with Crippen LogP contribution in [0, 0.1) is 13.8 Å². The van der Waals surface area contributed by atoms with Crippen LogP contribution in [0.2, 0.25) is 0 Å². The molecule has 0 unspecified atom stereocenters. The number of carbonyl (C=O) groups is 1. The van der Waals surface area contributed by atoms with Crippen molar-refractivity contribution in [2.75, 3.05) is 0 Å². The van der Waals surface area contributed by atoms with Crippen LogP contribution in [0.25, 0.3) is 11.0 Å². The number of aromatic nitrogens is 3. The van der Waals surface area contributed by atoms with Crippen molar-refractivity contribution in [2.24, 2.45) is 0 Å². The predicted octanol–water partition coefficient (Wildman–Crippen LogP) is 6.32. The van der Waals surface area contributed by atoms with Crippen molar-refractivity contribution in [1.82, 2.24) is 19.9 Å². The van der Waals surface area contributed by atoms with Gasteiger partial charge in [0.05, 0.1) is 23.8 Å². The average molecular weight is 493 g/mol. The molecule has 0 saturated carbocycles. The van der Waals surface area contributed by atoms with E-state index in [-0.39, 0.29) is 5.91 Å². The van der Waals surface area contributed by atoms with Crippen LogP contribution in [-0.2, 0) is 18.8 Å². The third-order valence-electron chi connectivity index (χ3n) is 6.10. The Morgan fingerprint density at radius 2 is 1.67 bits per heavy atom. The third kappa shape index (κ3) is 5.66. The molecule has 0 spiro atoms. The van der Waals surface area contributed by atoms with E-state index >= 15 is 0 Å². The monoisotopic (exact) mass is 492 g/mol. The number of aryl methyl sites for hydroxylation is 2. The summed E-state index contributed by atoms with van der Waals surface area (Å²) in [6, 6.07) is 26.5. The lowest BCUT2D eigenvalue weighted by atomic mass is 10.1. The summed E-state index contributed by atoms with van der Waals surface area (Å²) in [6.07, 6.45) is 3.66. The minimum atomic E-state index is -0.0666. The molecule has 3 aromatic carbocycles. The largest absolute Gasteiger partial charge is 0.348 e. The maximum atomic E-state index is 12.6. The number of fused-ring (bicyclic) bond motifs is 1. The van der Waals surface area contributed by atoms with Crippen LogP contribution in [0.3, 0.4) is 0 Å². The molecule has 0 aliphatic carbocycles. The zero-order valence-electron chi connectivity index (χ0n) is 20.4. The first-order valence-electron chi connectivity index (χ1n) is 12.0. The minimum Gasteiger partial charge on any atom is -0.348 e. The average Bonchev–Trinajstić information content (AvgIpc) is 3.25. The van der Waals surface area contributed by atoms with Crippen LogP contribution < -0.4 is 5.32 Å². The summed E-state index contributed by atoms with van der Waals surface area (Å²) in [4.78, 5) is 21.8. The summed E-state index contributed by atoms with van der Waals surface area (Å²) < 4.78 is 2.23. The molecule has 2 heterocycles. The van der Waals surface area contributed by atoms with Gasteiger partial charge in [0, 0.05) is 24.1 Å². The number of pyridine rings is 1. The Labute approximate surface area is 215 Å². The molecule has 5 rings (SSSR count). The van der Waals surface area contributed by atoms with E-state index in [0.29, 0.717) is 12.1 Å². The molecule has 0 saturated heterocycles. The highest BCUT2D eigenvalue weighted by Gasteiger charge is 2.13. The molecule has 36 heavy (non-hydrogen) atoms. The smallest absolute Gasteiger partial charge is 0.251 e. The fraction of sp³-hybridized carbons (Fsp3) is 0.167. The summed E-state index contributed by atoms with van der Waals surface area (Å²) in [5.74, 6) is 0.693. The van der Waals surface area contributed by atoms with Crippen LogP contribution >= 0.6 is 11.8 Å². The number of thioether (sulfide) groups is 1. The first-order chi connectivity index (χ1) is 17.5. The van der Waals surface area contributed by atoms with Gasteiger partial charge in [0.25, 0.3) is 5.91 Å². The highest BCUT2D eigenvalue weighted by Crippen LogP contribution is 2.27. The maximum Gasteiger partial charge on any atom is 0.251 e. The highest BCUT2D eigenvalue weighted by atomic mass is 32.2.